The minimum absolute atomic E-state index is 0.0436. The molecule has 2 aromatic carbocycles. The molecule has 8 heteroatoms. The van der Waals surface area contributed by atoms with Gasteiger partial charge in [-0.3, -0.25) is 14.5 Å². The van der Waals surface area contributed by atoms with Crippen molar-refractivity contribution < 1.29 is 23.5 Å². The summed E-state index contributed by atoms with van der Waals surface area (Å²) in [5.74, 6) is -0.953. The van der Waals surface area contributed by atoms with Crippen LogP contribution in [0.4, 0.5) is 9.18 Å². The van der Waals surface area contributed by atoms with Crippen molar-refractivity contribution in [3.63, 3.8) is 0 Å². The predicted molar refractivity (Wildman–Crippen MR) is 113 cm³/mol. The summed E-state index contributed by atoms with van der Waals surface area (Å²) in [6.07, 6.45) is 0. The first-order valence-electron chi connectivity index (χ1n) is 9.72. The molecule has 0 aromatic heterocycles. The zero-order valence-electron chi connectivity index (χ0n) is 17.4. The Labute approximate surface area is 179 Å². The number of hydrogen-bond donors (Lipinski definition) is 2. The molecule has 1 fully saturated rings. The second-order valence-electron chi connectivity index (χ2n) is 7.58. The monoisotopic (exact) mass is 425 g/mol. The molecule has 4 amide bonds. The van der Waals surface area contributed by atoms with E-state index >= 15 is 0 Å². The van der Waals surface area contributed by atoms with E-state index in [0.717, 1.165) is 10.5 Å². The Hall–Kier alpha value is -3.68. The molecule has 162 valence electrons. The molecule has 1 unspecified atom stereocenters. The van der Waals surface area contributed by atoms with Gasteiger partial charge in [0.1, 0.15) is 30.3 Å². The van der Waals surface area contributed by atoms with Gasteiger partial charge in [-0.1, -0.05) is 36.9 Å². The highest BCUT2D eigenvalue weighted by molar-refractivity contribution is 6.09. The molecular weight excluding hydrogens is 401 g/mol. The molecular formula is C23H24FN3O4. The van der Waals surface area contributed by atoms with Crippen molar-refractivity contribution in [3.05, 3.63) is 77.6 Å². The van der Waals surface area contributed by atoms with Crippen molar-refractivity contribution in [3.8, 4) is 5.75 Å². The molecule has 1 aliphatic heterocycles. The number of carbonyl (C=O) groups is 3. The molecule has 1 aliphatic rings. The smallest absolute Gasteiger partial charge is 0.325 e. The van der Waals surface area contributed by atoms with E-state index in [4.69, 9.17) is 4.74 Å². The lowest BCUT2D eigenvalue weighted by Crippen LogP contribution is -2.43. The second-order valence-corrected chi connectivity index (χ2v) is 7.58. The highest BCUT2D eigenvalue weighted by atomic mass is 19.1. The normalized spacial score (nSPS) is 18.0. The van der Waals surface area contributed by atoms with Gasteiger partial charge in [0.2, 0.25) is 5.91 Å². The van der Waals surface area contributed by atoms with Crippen molar-refractivity contribution in [1.29, 1.82) is 0 Å². The van der Waals surface area contributed by atoms with Gasteiger partial charge in [-0.15, -0.1) is 0 Å². The van der Waals surface area contributed by atoms with Gasteiger partial charge in [0, 0.05) is 12.1 Å². The lowest BCUT2D eigenvalue weighted by Gasteiger charge is -2.22. The molecule has 2 N–H and O–H groups in total. The number of halogens is 1. The number of nitrogens with one attached hydrogen (secondary N) is 2. The number of amides is 4. The lowest BCUT2D eigenvalue weighted by molar-refractivity contribution is -0.134. The van der Waals surface area contributed by atoms with E-state index in [1.54, 1.807) is 49.4 Å². The molecule has 7 nitrogen and oxygen atoms in total. The summed E-state index contributed by atoms with van der Waals surface area (Å²) in [6.45, 7) is 7.07. The topological polar surface area (TPSA) is 87.7 Å². The fourth-order valence-corrected chi connectivity index (χ4v) is 3.16. The third-order valence-electron chi connectivity index (χ3n) is 4.93. The Kier molecular flexibility index (Phi) is 6.39. The lowest BCUT2D eigenvalue weighted by atomic mass is 9.92. The van der Waals surface area contributed by atoms with Gasteiger partial charge < -0.3 is 15.4 Å². The van der Waals surface area contributed by atoms with Crippen LogP contribution in [0.5, 0.6) is 5.75 Å². The van der Waals surface area contributed by atoms with Crippen LogP contribution in [0.3, 0.4) is 0 Å². The van der Waals surface area contributed by atoms with Gasteiger partial charge in [-0.05, 0) is 43.2 Å². The first-order chi connectivity index (χ1) is 14.7. The number of carbonyl (C=O) groups excluding carboxylic acids is 3. The van der Waals surface area contributed by atoms with Crippen LogP contribution < -0.4 is 15.4 Å². The van der Waals surface area contributed by atoms with E-state index in [1.165, 1.54) is 6.07 Å². The van der Waals surface area contributed by atoms with Crippen LogP contribution in [0, 0.1) is 5.82 Å². The summed E-state index contributed by atoms with van der Waals surface area (Å²) in [4.78, 5) is 38.5. The maximum absolute atomic E-state index is 13.7. The van der Waals surface area contributed by atoms with Crippen molar-refractivity contribution in [2.75, 3.05) is 13.2 Å². The Morgan fingerprint density at radius 2 is 1.87 bits per heavy atom. The Balaban J connectivity index is 1.64. The summed E-state index contributed by atoms with van der Waals surface area (Å²) in [5, 5.41) is 5.18. The van der Waals surface area contributed by atoms with Crippen LogP contribution in [-0.4, -0.2) is 35.9 Å². The first-order valence-corrected chi connectivity index (χ1v) is 9.72. The molecule has 3 rings (SSSR count). The summed E-state index contributed by atoms with van der Waals surface area (Å²) >= 11 is 0. The van der Waals surface area contributed by atoms with E-state index in [0.29, 0.717) is 23.5 Å². The molecule has 0 bridgehead atoms. The number of imide groups is 1. The number of nitrogens with zero attached hydrogens (tertiary/aromatic N) is 1. The number of hydrogen-bond acceptors (Lipinski definition) is 4. The maximum atomic E-state index is 13.7. The average molecular weight is 425 g/mol. The zero-order chi connectivity index (χ0) is 22.6. The predicted octanol–water partition coefficient (Wildman–Crippen LogP) is 2.86. The number of urea groups is 1. The van der Waals surface area contributed by atoms with E-state index in [2.05, 4.69) is 17.2 Å². The molecule has 1 atom stereocenters. The molecule has 1 saturated heterocycles. The fourth-order valence-electron chi connectivity index (χ4n) is 3.16. The molecule has 0 aliphatic carbocycles. The number of benzene rings is 2. The zero-order valence-corrected chi connectivity index (χ0v) is 17.4. The fraction of sp³-hybridized carbons (Fsp3) is 0.261. The third-order valence-corrected chi connectivity index (χ3v) is 4.93. The van der Waals surface area contributed by atoms with E-state index in [-0.39, 0.29) is 6.54 Å². The second kappa shape index (κ2) is 8.99. The van der Waals surface area contributed by atoms with Crippen molar-refractivity contribution in [2.24, 2.45) is 0 Å². The first kappa shape index (κ1) is 22.0. The van der Waals surface area contributed by atoms with Crippen LogP contribution in [0.2, 0.25) is 0 Å². The Morgan fingerprint density at radius 3 is 2.52 bits per heavy atom. The molecule has 0 spiro atoms. The standard InChI is InChI=1S/C23H24FN3O4/c1-15(2)14-31-18-10-8-17(9-11-18)23(3)21(29)27(22(30)26-23)13-20(28)25-12-16-6-4-5-7-19(16)24/h4-11H,1,12-14H2,2-3H3,(H,25,28)(H,26,30). The molecule has 0 radical (unpaired) electrons. The van der Waals surface area contributed by atoms with Gasteiger partial charge in [0.15, 0.2) is 0 Å². The molecule has 1 heterocycles. The molecule has 31 heavy (non-hydrogen) atoms. The highest BCUT2D eigenvalue weighted by Gasteiger charge is 2.49. The SMILES string of the molecule is C=C(C)COc1ccc(C2(C)NC(=O)N(CC(=O)NCc3ccccc3F)C2=O)cc1. The number of rotatable bonds is 8. The van der Waals surface area contributed by atoms with Gasteiger partial charge in [0.05, 0.1) is 0 Å². The van der Waals surface area contributed by atoms with Crippen LogP contribution >= 0.6 is 0 Å². The maximum Gasteiger partial charge on any atom is 0.325 e. The third kappa shape index (κ3) is 4.91. The van der Waals surface area contributed by atoms with Gasteiger partial charge in [0.25, 0.3) is 5.91 Å². The Bertz CT molecular complexity index is 1020. The van der Waals surface area contributed by atoms with Gasteiger partial charge >= 0.3 is 6.03 Å². The van der Waals surface area contributed by atoms with Crippen molar-refractivity contribution in [1.82, 2.24) is 15.5 Å². The van der Waals surface area contributed by atoms with Crippen LogP contribution in [0.25, 0.3) is 0 Å². The van der Waals surface area contributed by atoms with Crippen LogP contribution in [0.15, 0.2) is 60.7 Å². The average Bonchev–Trinajstić information content (AvgIpc) is 2.96. The van der Waals surface area contributed by atoms with Crippen LogP contribution in [-0.2, 0) is 21.7 Å². The van der Waals surface area contributed by atoms with Crippen molar-refractivity contribution >= 4 is 17.8 Å². The van der Waals surface area contributed by atoms with E-state index in [1.807, 2.05) is 6.92 Å². The highest BCUT2D eigenvalue weighted by Crippen LogP contribution is 2.30. The minimum atomic E-state index is -1.31. The van der Waals surface area contributed by atoms with Gasteiger partial charge in [-0.2, -0.15) is 0 Å². The van der Waals surface area contributed by atoms with Gasteiger partial charge in [-0.25, -0.2) is 9.18 Å². The molecule has 2 aromatic rings. The van der Waals surface area contributed by atoms with E-state index < -0.39 is 35.7 Å². The quantitative estimate of drug-likeness (QED) is 0.503. The summed E-state index contributed by atoms with van der Waals surface area (Å²) in [7, 11) is 0. The minimum Gasteiger partial charge on any atom is -0.489 e. The van der Waals surface area contributed by atoms with E-state index in [9.17, 15) is 18.8 Å². The number of ether oxygens (including phenoxy) is 1. The molecule has 0 saturated carbocycles. The summed E-state index contributed by atoms with van der Waals surface area (Å²) in [6, 6.07) is 12.1. The van der Waals surface area contributed by atoms with Crippen LogP contribution in [0.1, 0.15) is 25.0 Å². The summed E-state index contributed by atoms with van der Waals surface area (Å²) in [5.41, 5.74) is 0.434. The summed E-state index contributed by atoms with van der Waals surface area (Å²) < 4.78 is 19.2. The largest absolute Gasteiger partial charge is 0.489 e. The Morgan fingerprint density at radius 1 is 1.19 bits per heavy atom. The van der Waals surface area contributed by atoms with Crippen molar-refractivity contribution in [2.45, 2.75) is 25.9 Å².